The second-order valence-electron chi connectivity index (χ2n) is 8.72. The predicted molar refractivity (Wildman–Crippen MR) is 129 cm³/mol. The maximum absolute atomic E-state index is 12.6. The Morgan fingerprint density at radius 1 is 1.03 bits per heavy atom. The maximum Gasteiger partial charge on any atom is 0.319 e. The van der Waals surface area contributed by atoms with Gasteiger partial charge >= 0.3 is 6.03 Å². The van der Waals surface area contributed by atoms with Crippen LogP contribution in [0.5, 0.6) is 5.75 Å². The highest BCUT2D eigenvalue weighted by Crippen LogP contribution is 2.25. The van der Waals surface area contributed by atoms with Crippen molar-refractivity contribution in [1.82, 2.24) is 15.1 Å². The molecule has 4 aromatic rings. The molecule has 0 fully saturated rings. The highest BCUT2D eigenvalue weighted by molar-refractivity contribution is 6.30. The van der Waals surface area contributed by atoms with Crippen molar-refractivity contribution in [2.45, 2.75) is 32.7 Å². The first-order valence-corrected chi connectivity index (χ1v) is 10.7. The number of carbonyl (C=O) groups is 1. The summed E-state index contributed by atoms with van der Waals surface area (Å²) in [4.78, 5) is 12.6. The van der Waals surface area contributed by atoms with Crippen molar-refractivity contribution < 1.29 is 9.90 Å². The van der Waals surface area contributed by atoms with Crippen LogP contribution in [0.4, 0.5) is 10.5 Å². The SMILES string of the molecule is CC(C)(C)c1cc(CNC(=O)Nc2ccc3cc(O)ccc3c2)n(-c2cccc(Cl)c2)n1. The maximum atomic E-state index is 12.6. The summed E-state index contributed by atoms with van der Waals surface area (Å²) >= 11 is 6.18. The molecule has 0 radical (unpaired) electrons. The van der Waals surface area contributed by atoms with E-state index in [2.05, 4.69) is 31.4 Å². The minimum Gasteiger partial charge on any atom is -0.508 e. The fraction of sp³-hybridized carbons (Fsp3) is 0.200. The number of halogens is 1. The number of benzene rings is 3. The van der Waals surface area contributed by atoms with Crippen LogP contribution in [0.2, 0.25) is 5.02 Å². The number of rotatable bonds is 4. The summed E-state index contributed by atoms with van der Waals surface area (Å²) in [5, 5.41) is 22.6. The van der Waals surface area contributed by atoms with Crippen LogP contribution in [-0.2, 0) is 12.0 Å². The third-order valence-corrected chi connectivity index (χ3v) is 5.35. The second-order valence-corrected chi connectivity index (χ2v) is 9.15. The molecule has 1 aromatic heterocycles. The van der Waals surface area contributed by atoms with Gasteiger partial charge in [0.05, 0.1) is 23.6 Å². The summed E-state index contributed by atoms with van der Waals surface area (Å²) in [6.45, 7) is 6.59. The third-order valence-electron chi connectivity index (χ3n) is 5.12. The molecule has 7 heteroatoms. The van der Waals surface area contributed by atoms with Gasteiger partial charge in [0, 0.05) is 16.1 Å². The molecule has 0 atom stereocenters. The van der Waals surface area contributed by atoms with Gasteiger partial charge in [-0.25, -0.2) is 9.48 Å². The molecule has 0 bridgehead atoms. The van der Waals surface area contributed by atoms with E-state index in [1.165, 1.54) is 0 Å². The molecule has 0 saturated carbocycles. The van der Waals surface area contributed by atoms with Gasteiger partial charge in [-0.1, -0.05) is 50.6 Å². The molecule has 1 heterocycles. The van der Waals surface area contributed by atoms with Crippen LogP contribution in [0.15, 0.2) is 66.7 Å². The van der Waals surface area contributed by atoms with Crippen molar-refractivity contribution in [1.29, 1.82) is 0 Å². The van der Waals surface area contributed by atoms with Crippen LogP contribution in [0.3, 0.4) is 0 Å². The van der Waals surface area contributed by atoms with Crippen molar-refractivity contribution in [3.05, 3.63) is 83.1 Å². The summed E-state index contributed by atoms with van der Waals surface area (Å²) in [5.74, 6) is 0.210. The molecule has 0 aliphatic rings. The van der Waals surface area contributed by atoms with E-state index in [1.807, 2.05) is 53.2 Å². The first kappa shape index (κ1) is 21.7. The largest absolute Gasteiger partial charge is 0.508 e. The van der Waals surface area contributed by atoms with Gasteiger partial charge in [-0.15, -0.1) is 0 Å². The number of aromatic nitrogens is 2. The van der Waals surface area contributed by atoms with E-state index in [9.17, 15) is 9.90 Å². The lowest BCUT2D eigenvalue weighted by Crippen LogP contribution is -2.29. The average Bonchev–Trinajstić information content (AvgIpc) is 3.17. The zero-order valence-corrected chi connectivity index (χ0v) is 18.9. The quantitative estimate of drug-likeness (QED) is 0.358. The average molecular weight is 449 g/mol. The Bertz CT molecular complexity index is 1290. The number of nitrogens with one attached hydrogen (secondary N) is 2. The normalized spacial score (nSPS) is 11.5. The summed E-state index contributed by atoms with van der Waals surface area (Å²) in [6, 6.07) is 19.8. The number of hydrogen-bond donors (Lipinski definition) is 3. The van der Waals surface area contributed by atoms with Crippen molar-refractivity contribution in [2.75, 3.05) is 5.32 Å². The molecule has 4 rings (SSSR count). The predicted octanol–water partition coefficient (Wildman–Crippen LogP) is 6.00. The molecule has 32 heavy (non-hydrogen) atoms. The van der Waals surface area contributed by atoms with Crippen molar-refractivity contribution in [3.63, 3.8) is 0 Å². The lowest BCUT2D eigenvalue weighted by atomic mass is 9.92. The summed E-state index contributed by atoms with van der Waals surface area (Å²) in [5.41, 5.74) is 3.14. The van der Waals surface area contributed by atoms with Crippen molar-refractivity contribution in [2.24, 2.45) is 0 Å². The standard InChI is InChI=1S/C25H25ClN4O2/c1-25(2,3)23-14-21(30(29-23)20-6-4-5-18(26)13-20)15-27-24(32)28-19-9-7-17-12-22(31)10-8-16(17)11-19/h4-14,31H,15H2,1-3H3,(H2,27,28,32). The van der Waals surface area contributed by atoms with Gasteiger partial charge in [0.1, 0.15) is 5.75 Å². The number of anilines is 1. The molecule has 6 nitrogen and oxygen atoms in total. The van der Waals surface area contributed by atoms with Gasteiger partial charge in [0.2, 0.25) is 0 Å². The minimum absolute atomic E-state index is 0.139. The van der Waals surface area contributed by atoms with Crippen LogP contribution in [-0.4, -0.2) is 20.9 Å². The number of nitrogens with zero attached hydrogens (tertiary/aromatic N) is 2. The molecule has 0 aliphatic carbocycles. The van der Waals surface area contributed by atoms with E-state index in [-0.39, 0.29) is 17.2 Å². The summed E-state index contributed by atoms with van der Waals surface area (Å²) < 4.78 is 1.81. The number of amides is 2. The molecule has 0 aliphatic heterocycles. The van der Waals surface area contributed by atoms with Crippen molar-refractivity contribution >= 4 is 34.1 Å². The Labute approximate surface area is 191 Å². The molecule has 0 saturated heterocycles. The van der Waals surface area contributed by atoms with Gasteiger partial charge in [0.15, 0.2) is 0 Å². The van der Waals surface area contributed by atoms with Crippen LogP contribution in [0.25, 0.3) is 16.5 Å². The smallest absolute Gasteiger partial charge is 0.319 e. The van der Waals surface area contributed by atoms with E-state index in [4.69, 9.17) is 16.7 Å². The lowest BCUT2D eigenvalue weighted by Gasteiger charge is -2.14. The van der Waals surface area contributed by atoms with Crippen LogP contribution in [0, 0.1) is 0 Å². The molecule has 3 N–H and O–H groups in total. The summed E-state index contributed by atoms with van der Waals surface area (Å²) in [6.07, 6.45) is 0. The number of carbonyl (C=O) groups excluding carboxylic acids is 1. The fourth-order valence-corrected chi connectivity index (χ4v) is 3.59. The Morgan fingerprint density at radius 3 is 2.53 bits per heavy atom. The van der Waals surface area contributed by atoms with Gasteiger partial charge in [-0.05, 0) is 59.3 Å². The molecular formula is C25H25ClN4O2. The van der Waals surface area contributed by atoms with E-state index in [0.29, 0.717) is 17.3 Å². The van der Waals surface area contributed by atoms with E-state index in [1.54, 1.807) is 18.2 Å². The van der Waals surface area contributed by atoms with Crippen LogP contribution < -0.4 is 10.6 Å². The zero-order valence-electron chi connectivity index (χ0n) is 18.2. The number of urea groups is 1. The lowest BCUT2D eigenvalue weighted by molar-refractivity contribution is 0.251. The molecule has 0 unspecified atom stereocenters. The van der Waals surface area contributed by atoms with Gasteiger partial charge in [-0.3, -0.25) is 0 Å². The van der Waals surface area contributed by atoms with E-state index in [0.717, 1.165) is 27.8 Å². The zero-order chi connectivity index (χ0) is 22.9. The molecular weight excluding hydrogens is 424 g/mol. The Hall–Kier alpha value is -3.51. The Balaban J connectivity index is 1.52. The first-order chi connectivity index (χ1) is 15.2. The highest BCUT2D eigenvalue weighted by Gasteiger charge is 2.21. The van der Waals surface area contributed by atoms with Gasteiger partial charge in [0.25, 0.3) is 0 Å². The number of fused-ring (bicyclic) bond motifs is 1. The fourth-order valence-electron chi connectivity index (χ4n) is 3.40. The van der Waals surface area contributed by atoms with Crippen molar-refractivity contribution in [3.8, 4) is 11.4 Å². The van der Waals surface area contributed by atoms with Gasteiger partial charge < -0.3 is 15.7 Å². The monoisotopic (exact) mass is 448 g/mol. The Kier molecular flexibility index (Phi) is 5.80. The first-order valence-electron chi connectivity index (χ1n) is 10.3. The topological polar surface area (TPSA) is 79.2 Å². The Morgan fingerprint density at radius 2 is 1.78 bits per heavy atom. The molecule has 2 amide bonds. The molecule has 164 valence electrons. The molecule has 0 spiro atoms. The van der Waals surface area contributed by atoms with Gasteiger partial charge in [-0.2, -0.15) is 5.10 Å². The highest BCUT2D eigenvalue weighted by atomic mass is 35.5. The number of aromatic hydroxyl groups is 1. The molecule has 3 aromatic carbocycles. The number of phenolic OH excluding ortho intramolecular Hbond substituents is 1. The second kappa shape index (κ2) is 8.55. The van der Waals surface area contributed by atoms with Crippen LogP contribution in [0.1, 0.15) is 32.2 Å². The van der Waals surface area contributed by atoms with E-state index < -0.39 is 0 Å². The van der Waals surface area contributed by atoms with Crippen LogP contribution >= 0.6 is 11.6 Å². The minimum atomic E-state index is -0.320. The number of hydrogen-bond acceptors (Lipinski definition) is 3. The van der Waals surface area contributed by atoms with E-state index >= 15 is 0 Å². The summed E-state index contributed by atoms with van der Waals surface area (Å²) in [7, 11) is 0. The third kappa shape index (κ3) is 4.86. The number of phenols is 1.